The minimum atomic E-state index is -0.250. The number of carbonyl (C=O) groups is 2. The van der Waals surface area contributed by atoms with E-state index in [4.69, 9.17) is 38.4 Å². The zero-order valence-corrected chi connectivity index (χ0v) is 22.7. The van der Waals surface area contributed by atoms with Crippen LogP contribution < -0.4 is 0 Å². The molecule has 1 aliphatic rings. The van der Waals surface area contributed by atoms with Gasteiger partial charge in [0.05, 0.1) is 16.7 Å². The minimum Gasteiger partial charge on any atom is -0.483 e. The van der Waals surface area contributed by atoms with E-state index in [9.17, 15) is 4.79 Å². The van der Waals surface area contributed by atoms with Gasteiger partial charge >= 0.3 is 0 Å². The van der Waals surface area contributed by atoms with Crippen molar-refractivity contribution in [2.45, 2.75) is 39.5 Å². The van der Waals surface area contributed by atoms with Crippen LogP contribution in [0.4, 0.5) is 0 Å². The summed E-state index contributed by atoms with van der Waals surface area (Å²) in [6.07, 6.45) is 5.46. The van der Waals surface area contributed by atoms with E-state index in [2.05, 4.69) is 31.0 Å². The molecule has 0 amide bonds. The number of likely N-dealkylation sites (tertiary alicyclic amines) is 1. The van der Waals surface area contributed by atoms with Crippen LogP contribution in [0.15, 0.2) is 30.3 Å². The summed E-state index contributed by atoms with van der Waals surface area (Å²) in [6, 6.07) is 11.3. The number of nitrogens with zero attached hydrogens (tertiary/aromatic N) is 3. The van der Waals surface area contributed by atoms with Crippen LogP contribution in [0.2, 0.25) is 10.0 Å². The fraction of sp³-hybridized carbons (Fsp3) is 0.393. The molecular weight excluding hydrogens is 497 g/mol. The Morgan fingerprint density at radius 3 is 2.33 bits per heavy atom. The molecule has 1 saturated heterocycles. The summed E-state index contributed by atoms with van der Waals surface area (Å²) < 4.78 is 2.03. The molecule has 3 aromatic rings. The van der Waals surface area contributed by atoms with Crippen molar-refractivity contribution in [3.05, 3.63) is 68.3 Å². The van der Waals surface area contributed by atoms with Crippen LogP contribution in [0.1, 0.15) is 58.9 Å². The average molecular weight is 530 g/mol. The summed E-state index contributed by atoms with van der Waals surface area (Å²) in [6.45, 7) is 6.67. The van der Waals surface area contributed by atoms with Gasteiger partial charge in [0.1, 0.15) is 0 Å². The van der Waals surface area contributed by atoms with Gasteiger partial charge in [-0.15, -0.1) is 0 Å². The number of rotatable bonds is 4. The molecule has 8 heteroatoms. The number of aromatic nitrogens is 1. The van der Waals surface area contributed by atoms with E-state index < -0.39 is 0 Å². The third kappa shape index (κ3) is 7.33. The third-order valence-electron chi connectivity index (χ3n) is 6.71. The van der Waals surface area contributed by atoms with Crippen molar-refractivity contribution in [1.82, 2.24) is 9.47 Å². The van der Waals surface area contributed by atoms with Gasteiger partial charge in [0, 0.05) is 40.7 Å². The van der Waals surface area contributed by atoms with Gasteiger partial charge in [-0.05, 0) is 87.3 Å². The second-order valence-corrected chi connectivity index (χ2v) is 9.80. The quantitative estimate of drug-likeness (QED) is 0.389. The van der Waals surface area contributed by atoms with Crippen LogP contribution in [0.25, 0.3) is 10.9 Å². The lowest BCUT2D eigenvalue weighted by molar-refractivity contribution is -0.122. The lowest BCUT2D eigenvalue weighted by Crippen LogP contribution is -2.29. The third-order valence-corrected chi connectivity index (χ3v) is 7.51. The number of benzene rings is 2. The van der Waals surface area contributed by atoms with Crippen LogP contribution in [0.3, 0.4) is 0 Å². The normalized spacial score (nSPS) is 13.7. The molecule has 0 aliphatic carbocycles. The van der Waals surface area contributed by atoms with Crippen LogP contribution in [-0.2, 0) is 18.3 Å². The molecule has 0 saturated carbocycles. The molecular formula is C28H33Cl2N3O3. The standard InChI is InChI=1S/C19H14Cl2N2O.C8H17N.CH2O2/c1-11-5-12(9-22)6-18-15(11)7-14(23(18)2)8-16-17(20)4-3-13(10-24)19(16)21;1-3-8-4-6-9(2)7-5-8;2-1-3/h3-7,10H,8H2,1-2H3;8H,3-7H2,1-2H3;1H,(H,2,3). The summed E-state index contributed by atoms with van der Waals surface area (Å²) >= 11 is 12.6. The summed E-state index contributed by atoms with van der Waals surface area (Å²) in [5, 5.41) is 18.1. The van der Waals surface area contributed by atoms with Crippen molar-refractivity contribution in [2.75, 3.05) is 20.1 Å². The first-order valence-corrected chi connectivity index (χ1v) is 12.6. The molecule has 6 nitrogen and oxygen atoms in total. The largest absolute Gasteiger partial charge is 0.483 e. The highest BCUT2D eigenvalue weighted by Gasteiger charge is 2.16. The predicted molar refractivity (Wildman–Crippen MR) is 146 cm³/mol. The summed E-state index contributed by atoms with van der Waals surface area (Å²) in [5.41, 5.74) is 4.83. The van der Waals surface area contributed by atoms with E-state index >= 15 is 0 Å². The number of carboxylic acid groups (broad SMARTS) is 1. The van der Waals surface area contributed by atoms with Crippen molar-refractivity contribution < 1.29 is 14.7 Å². The fourth-order valence-electron chi connectivity index (χ4n) is 4.42. The number of aryl methyl sites for hydroxylation is 2. The lowest BCUT2D eigenvalue weighted by atomic mass is 9.95. The van der Waals surface area contributed by atoms with Gasteiger partial charge in [0.2, 0.25) is 0 Å². The van der Waals surface area contributed by atoms with Gasteiger partial charge in [-0.1, -0.05) is 36.5 Å². The number of carbonyl (C=O) groups excluding carboxylic acids is 1. The maximum atomic E-state index is 11.1. The Bertz CT molecular complexity index is 1240. The monoisotopic (exact) mass is 529 g/mol. The Morgan fingerprint density at radius 2 is 1.78 bits per heavy atom. The first-order valence-electron chi connectivity index (χ1n) is 11.9. The zero-order valence-electron chi connectivity index (χ0n) is 21.2. The maximum Gasteiger partial charge on any atom is 0.290 e. The molecule has 1 aromatic heterocycles. The number of hydrogen-bond acceptors (Lipinski definition) is 4. The maximum absolute atomic E-state index is 11.1. The molecule has 0 spiro atoms. The Kier molecular flexibility index (Phi) is 11.5. The average Bonchev–Trinajstić information content (AvgIpc) is 3.19. The second kappa shape index (κ2) is 14.0. The van der Waals surface area contributed by atoms with E-state index in [1.165, 1.54) is 32.4 Å². The number of aldehydes is 1. The summed E-state index contributed by atoms with van der Waals surface area (Å²) in [4.78, 5) is 21.9. The Labute approximate surface area is 223 Å². The van der Waals surface area contributed by atoms with E-state index in [-0.39, 0.29) is 6.47 Å². The number of nitriles is 1. The molecule has 0 unspecified atom stereocenters. The van der Waals surface area contributed by atoms with Crippen molar-refractivity contribution >= 4 is 46.9 Å². The molecule has 0 radical (unpaired) electrons. The summed E-state index contributed by atoms with van der Waals surface area (Å²) in [7, 11) is 4.16. The highest BCUT2D eigenvalue weighted by molar-refractivity contribution is 6.37. The van der Waals surface area contributed by atoms with E-state index in [1.807, 2.05) is 30.7 Å². The molecule has 0 bridgehead atoms. The molecule has 1 N–H and O–H groups in total. The molecule has 192 valence electrons. The van der Waals surface area contributed by atoms with Gasteiger partial charge in [0.15, 0.2) is 6.29 Å². The fourth-order valence-corrected chi connectivity index (χ4v) is 4.97. The van der Waals surface area contributed by atoms with Crippen LogP contribution >= 0.6 is 23.2 Å². The van der Waals surface area contributed by atoms with E-state index in [0.717, 1.165) is 39.9 Å². The topological polar surface area (TPSA) is 86.3 Å². The predicted octanol–water partition coefficient (Wildman–Crippen LogP) is 6.51. The van der Waals surface area contributed by atoms with E-state index in [1.54, 1.807) is 12.1 Å². The van der Waals surface area contributed by atoms with Crippen LogP contribution in [0.5, 0.6) is 0 Å². The van der Waals surface area contributed by atoms with Gasteiger partial charge in [-0.2, -0.15) is 5.26 Å². The first-order chi connectivity index (χ1) is 17.2. The Balaban J connectivity index is 0.000000316. The van der Waals surface area contributed by atoms with Crippen LogP contribution in [-0.4, -0.2) is 47.5 Å². The van der Waals surface area contributed by atoms with Gasteiger partial charge in [-0.25, -0.2) is 0 Å². The first kappa shape index (κ1) is 29.4. The lowest BCUT2D eigenvalue weighted by Gasteiger charge is -2.27. The van der Waals surface area contributed by atoms with Gasteiger partial charge < -0.3 is 14.6 Å². The van der Waals surface area contributed by atoms with Gasteiger partial charge in [0.25, 0.3) is 6.47 Å². The molecule has 36 heavy (non-hydrogen) atoms. The highest BCUT2D eigenvalue weighted by atomic mass is 35.5. The summed E-state index contributed by atoms with van der Waals surface area (Å²) in [5.74, 6) is 1.03. The molecule has 1 aliphatic heterocycles. The SMILES string of the molecule is CCC1CCN(C)CC1.Cc1cc(C#N)cc2c1cc(Cc1c(Cl)ccc(C=O)c1Cl)n2C.O=CO. The number of fused-ring (bicyclic) bond motifs is 1. The van der Waals surface area contributed by atoms with Crippen molar-refractivity contribution in [2.24, 2.45) is 13.0 Å². The minimum absolute atomic E-state index is 0.250. The Hall–Kier alpha value is -2.85. The molecule has 2 aromatic carbocycles. The molecule has 4 rings (SSSR count). The van der Waals surface area contributed by atoms with Crippen molar-refractivity contribution in [3.8, 4) is 6.07 Å². The smallest absolute Gasteiger partial charge is 0.290 e. The van der Waals surface area contributed by atoms with Crippen molar-refractivity contribution in [3.63, 3.8) is 0 Å². The number of hydrogen-bond donors (Lipinski definition) is 1. The molecule has 2 heterocycles. The molecule has 0 atom stereocenters. The van der Waals surface area contributed by atoms with Crippen LogP contribution in [0, 0.1) is 24.2 Å². The number of piperidine rings is 1. The highest BCUT2D eigenvalue weighted by Crippen LogP contribution is 2.32. The second-order valence-electron chi connectivity index (χ2n) is 9.02. The van der Waals surface area contributed by atoms with E-state index in [0.29, 0.717) is 27.6 Å². The van der Waals surface area contributed by atoms with Crippen molar-refractivity contribution in [1.29, 1.82) is 5.26 Å². The zero-order chi connectivity index (χ0) is 26.8. The molecule has 1 fully saturated rings. The number of halogens is 2. The Morgan fingerprint density at radius 1 is 1.14 bits per heavy atom. The van der Waals surface area contributed by atoms with Gasteiger partial charge in [-0.3, -0.25) is 9.59 Å².